The summed E-state index contributed by atoms with van der Waals surface area (Å²) in [5.41, 5.74) is 0. The maximum atomic E-state index is 10.6. The minimum absolute atomic E-state index is 0.150. The van der Waals surface area contributed by atoms with Crippen molar-refractivity contribution in [3.63, 3.8) is 0 Å². The zero-order chi connectivity index (χ0) is 9.14. The van der Waals surface area contributed by atoms with Gasteiger partial charge < -0.3 is 14.2 Å². The molecule has 2 unspecified atom stereocenters. The fourth-order valence-electron chi connectivity index (χ4n) is 0.932. The molecule has 0 N–H and O–H groups in total. The Bertz CT molecular complexity index is 166. The molecule has 1 heterocycles. The van der Waals surface area contributed by atoms with E-state index in [0.29, 0.717) is 6.61 Å². The van der Waals surface area contributed by atoms with Crippen LogP contribution >= 0.6 is 0 Å². The first-order valence-corrected chi connectivity index (χ1v) is 4.08. The van der Waals surface area contributed by atoms with Gasteiger partial charge in [0, 0.05) is 0 Å². The molecule has 0 bridgehead atoms. The van der Waals surface area contributed by atoms with E-state index in [2.05, 4.69) is 0 Å². The van der Waals surface area contributed by atoms with Crippen molar-refractivity contribution >= 4 is 6.16 Å². The van der Waals surface area contributed by atoms with Crippen LogP contribution in [0.4, 0.5) is 4.79 Å². The predicted molar refractivity (Wildman–Crippen MR) is 41.9 cm³/mol. The molecule has 1 saturated heterocycles. The lowest BCUT2D eigenvalue weighted by molar-refractivity contribution is 0.00487. The van der Waals surface area contributed by atoms with Crippen molar-refractivity contribution in [3.05, 3.63) is 0 Å². The summed E-state index contributed by atoms with van der Waals surface area (Å²) in [4.78, 5) is 10.6. The maximum Gasteiger partial charge on any atom is 0.509 e. The first-order valence-electron chi connectivity index (χ1n) is 4.08. The number of cyclic esters (lactones) is 2. The molecule has 2 atom stereocenters. The van der Waals surface area contributed by atoms with Crippen molar-refractivity contribution in [1.82, 2.24) is 0 Å². The molecule has 70 valence electrons. The monoisotopic (exact) mass is 174 g/mol. The summed E-state index contributed by atoms with van der Waals surface area (Å²) in [6.45, 7) is 6.06. The van der Waals surface area contributed by atoms with Crippen LogP contribution in [-0.4, -0.2) is 31.1 Å². The fraction of sp³-hybridized carbons (Fsp3) is 0.875. The van der Waals surface area contributed by atoms with E-state index in [9.17, 15) is 4.79 Å². The normalized spacial score (nSPS) is 28.8. The first kappa shape index (κ1) is 9.32. The lowest BCUT2D eigenvalue weighted by Crippen LogP contribution is -2.26. The smallest absolute Gasteiger partial charge is 0.427 e. The van der Waals surface area contributed by atoms with Crippen molar-refractivity contribution < 1.29 is 19.0 Å². The van der Waals surface area contributed by atoms with Crippen molar-refractivity contribution in [2.24, 2.45) is 0 Å². The molecular weight excluding hydrogens is 160 g/mol. The Balaban J connectivity index is 2.28. The summed E-state index contributed by atoms with van der Waals surface area (Å²) in [6, 6.07) is 0. The molecule has 4 nitrogen and oxygen atoms in total. The van der Waals surface area contributed by atoms with Gasteiger partial charge in [0.15, 0.2) is 6.10 Å². The van der Waals surface area contributed by atoms with Crippen LogP contribution in [0.25, 0.3) is 0 Å². The molecule has 0 aromatic carbocycles. The van der Waals surface area contributed by atoms with E-state index >= 15 is 0 Å². The lowest BCUT2D eigenvalue weighted by atomic mass is 10.2. The average molecular weight is 174 g/mol. The van der Waals surface area contributed by atoms with Crippen LogP contribution in [0.15, 0.2) is 0 Å². The summed E-state index contributed by atoms with van der Waals surface area (Å²) in [5.74, 6) is 0. The van der Waals surface area contributed by atoms with E-state index in [-0.39, 0.29) is 18.3 Å². The number of ether oxygens (including phenoxy) is 3. The Morgan fingerprint density at radius 1 is 1.50 bits per heavy atom. The predicted octanol–water partition coefficient (Wildman–Crippen LogP) is 1.34. The van der Waals surface area contributed by atoms with Gasteiger partial charge in [0.2, 0.25) is 0 Å². The molecule has 0 saturated carbocycles. The Morgan fingerprint density at radius 2 is 2.17 bits per heavy atom. The standard InChI is InChI=1S/C8H14O4/c1-5(2)10-4-7-6(3)11-8(9)12-7/h5-7H,4H2,1-3H3. The molecule has 1 aliphatic heterocycles. The second-order valence-corrected chi connectivity index (χ2v) is 3.11. The highest BCUT2D eigenvalue weighted by atomic mass is 16.8. The van der Waals surface area contributed by atoms with Crippen LogP contribution in [0.5, 0.6) is 0 Å². The highest BCUT2D eigenvalue weighted by Crippen LogP contribution is 2.15. The summed E-state index contributed by atoms with van der Waals surface area (Å²) in [7, 11) is 0. The van der Waals surface area contributed by atoms with Crippen LogP contribution in [-0.2, 0) is 14.2 Å². The quantitative estimate of drug-likeness (QED) is 0.605. The highest BCUT2D eigenvalue weighted by molar-refractivity contribution is 5.62. The fourth-order valence-corrected chi connectivity index (χ4v) is 0.932. The van der Waals surface area contributed by atoms with E-state index in [4.69, 9.17) is 14.2 Å². The second kappa shape index (κ2) is 3.76. The summed E-state index contributed by atoms with van der Waals surface area (Å²) in [5, 5.41) is 0. The summed E-state index contributed by atoms with van der Waals surface area (Å²) >= 11 is 0. The second-order valence-electron chi connectivity index (χ2n) is 3.11. The van der Waals surface area contributed by atoms with Gasteiger partial charge in [-0.25, -0.2) is 4.79 Å². The molecule has 0 aliphatic carbocycles. The number of hydrogen-bond donors (Lipinski definition) is 0. The number of rotatable bonds is 3. The van der Waals surface area contributed by atoms with Crippen molar-refractivity contribution in [2.45, 2.75) is 39.1 Å². The van der Waals surface area contributed by atoms with Gasteiger partial charge in [-0.15, -0.1) is 0 Å². The average Bonchev–Trinajstić information content (AvgIpc) is 2.26. The highest BCUT2D eigenvalue weighted by Gasteiger charge is 2.33. The Hall–Kier alpha value is -0.770. The number of carbonyl (C=O) groups excluding carboxylic acids is 1. The van der Waals surface area contributed by atoms with Gasteiger partial charge >= 0.3 is 6.16 Å². The molecule has 0 amide bonds. The minimum Gasteiger partial charge on any atom is -0.427 e. The maximum absolute atomic E-state index is 10.6. The molecule has 1 fully saturated rings. The van der Waals surface area contributed by atoms with Crippen LogP contribution < -0.4 is 0 Å². The van der Waals surface area contributed by atoms with E-state index in [0.717, 1.165) is 0 Å². The van der Waals surface area contributed by atoms with E-state index < -0.39 is 6.16 Å². The Kier molecular flexibility index (Phi) is 2.92. The Morgan fingerprint density at radius 3 is 2.58 bits per heavy atom. The molecule has 0 spiro atoms. The van der Waals surface area contributed by atoms with E-state index in [1.165, 1.54) is 0 Å². The van der Waals surface area contributed by atoms with Crippen molar-refractivity contribution in [2.75, 3.05) is 6.61 Å². The van der Waals surface area contributed by atoms with Gasteiger partial charge in [-0.05, 0) is 20.8 Å². The van der Waals surface area contributed by atoms with Gasteiger partial charge in [0.1, 0.15) is 6.10 Å². The van der Waals surface area contributed by atoms with Gasteiger partial charge in [0.05, 0.1) is 12.7 Å². The zero-order valence-corrected chi connectivity index (χ0v) is 7.57. The zero-order valence-electron chi connectivity index (χ0n) is 7.57. The first-order chi connectivity index (χ1) is 5.59. The molecule has 1 rings (SSSR count). The van der Waals surface area contributed by atoms with Crippen LogP contribution in [0.2, 0.25) is 0 Å². The third-order valence-corrected chi connectivity index (χ3v) is 1.65. The molecular formula is C8H14O4. The van der Waals surface area contributed by atoms with Gasteiger partial charge in [-0.3, -0.25) is 0 Å². The molecule has 0 aromatic rings. The van der Waals surface area contributed by atoms with E-state index in [1.54, 1.807) is 6.92 Å². The number of carbonyl (C=O) groups is 1. The topological polar surface area (TPSA) is 44.8 Å². The molecule has 0 aromatic heterocycles. The van der Waals surface area contributed by atoms with Gasteiger partial charge in [0.25, 0.3) is 0 Å². The molecule has 0 radical (unpaired) electrons. The summed E-state index contributed by atoms with van der Waals surface area (Å²) < 4.78 is 14.9. The van der Waals surface area contributed by atoms with Gasteiger partial charge in [-0.1, -0.05) is 0 Å². The van der Waals surface area contributed by atoms with Crippen LogP contribution in [0, 0.1) is 0 Å². The Labute approximate surface area is 71.8 Å². The van der Waals surface area contributed by atoms with E-state index in [1.807, 2.05) is 13.8 Å². The third-order valence-electron chi connectivity index (χ3n) is 1.65. The van der Waals surface area contributed by atoms with Crippen molar-refractivity contribution in [1.29, 1.82) is 0 Å². The molecule has 4 heteroatoms. The van der Waals surface area contributed by atoms with Crippen LogP contribution in [0.3, 0.4) is 0 Å². The lowest BCUT2D eigenvalue weighted by Gasteiger charge is -2.13. The van der Waals surface area contributed by atoms with Crippen LogP contribution in [0.1, 0.15) is 20.8 Å². The van der Waals surface area contributed by atoms with Crippen molar-refractivity contribution in [3.8, 4) is 0 Å². The van der Waals surface area contributed by atoms with Gasteiger partial charge in [-0.2, -0.15) is 0 Å². The summed E-state index contributed by atoms with van der Waals surface area (Å²) in [6.07, 6.45) is -0.896. The minimum atomic E-state index is -0.597. The largest absolute Gasteiger partial charge is 0.509 e. The third kappa shape index (κ3) is 2.37. The molecule has 12 heavy (non-hydrogen) atoms. The molecule has 1 aliphatic rings. The number of hydrogen-bond acceptors (Lipinski definition) is 4. The SMILES string of the molecule is CC(C)OCC1OC(=O)OC1C.